The standard InChI is InChI=1S/C13H11NO5S/c1-9-2-4-10(5-3-9)20(17,18)19-12-6-7-14-8-11(12)13(15)16/h2-8H,1H3,(H,15,16). The second-order valence-electron chi connectivity index (χ2n) is 4.03. The molecular weight excluding hydrogens is 282 g/mol. The molecule has 20 heavy (non-hydrogen) atoms. The van der Waals surface area contributed by atoms with Crippen molar-refractivity contribution in [3.63, 3.8) is 0 Å². The van der Waals surface area contributed by atoms with Gasteiger partial charge in [0.15, 0.2) is 5.75 Å². The van der Waals surface area contributed by atoms with Crippen molar-refractivity contribution >= 4 is 16.1 Å². The maximum atomic E-state index is 12.1. The summed E-state index contributed by atoms with van der Waals surface area (Å²) in [5, 5.41) is 8.95. The van der Waals surface area contributed by atoms with E-state index in [1.165, 1.54) is 24.4 Å². The first kappa shape index (κ1) is 14.0. The molecule has 2 aromatic rings. The van der Waals surface area contributed by atoms with Gasteiger partial charge in [0.25, 0.3) is 0 Å². The van der Waals surface area contributed by atoms with Crippen LogP contribution in [-0.2, 0) is 10.1 Å². The molecule has 0 fully saturated rings. The molecule has 0 bridgehead atoms. The fourth-order valence-corrected chi connectivity index (χ4v) is 2.43. The van der Waals surface area contributed by atoms with Crippen LogP contribution in [0.3, 0.4) is 0 Å². The van der Waals surface area contributed by atoms with Gasteiger partial charge in [0.2, 0.25) is 0 Å². The molecule has 0 radical (unpaired) electrons. The normalized spacial score (nSPS) is 11.1. The number of benzene rings is 1. The highest BCUT2D eigenvalue weighted by Gasteiger charge is 2.20. The van der Waals surface area contributed by atoms with E-state index >= 15 is 0 Å². The molecule has 1 heterocycles. The average molecular weight is 293 g/mol. The highest BCUT2D eigenvalue weighted by molar-refractivity contribution is 7.87. The summed E-state index contributed by atoms with van der Waals surface area (Å²) >= 11 is 0. The first-order chi connectivity index (χ1) is 9.40. The lowest BCUT2D eigenvalue weighted by Gasteiger charge is -2.09. The van der Waals surface area contributed by atoms with Crippen molar-refractivity contribution in [1.29, 1.82) is 0 Å². The minimum atomic E-state index is -4.08. The van der Waals surface area contributed by atoms with Crippen molar-refractivity contribution in [2.75, 3.05) is 0 Å². The molecule has 1 aromatic carbocycles. The first-order valence-electron chi connectivity index (χ1n) is 5.58. The van der Waals surface area contributed by atoms with Gasteiger partial charge in [-0.1, -0.05) is 17.7 Å². The molecule has 0 aliphatic heterocycles. The highest BCUT2D eigenvalue weighted by Crippen LogP contribution is 2.22. The second-order valence-corrected chi connectivity index (χ2v) is 5.57. The Kier molecular flexibility index (Phi) is 3.71. The Morgan fingerprint density at radius 1 is 1.20 bits per heavy atom. The van der Waals surface area contributed by atoms with Crippen molar-refractivity contribution in [2.45, 2.75) is 11.8 Å². The van der Waals surface area contributed by atoms with Gasteiger partial charge < -0.3 is 9.29 Å². The van der Waals surface area contributed by atoms with Crippen molar-refractivity contribution in [2.24, 2.45) is 0 Å². The Labute approximate surface area is 115 Å². The van der Waals surface area contributed by atoms with Crippen LogP contribution in [0.5, 0.6) is 5.75 Å². The molecule has 0 saturated heterocycles. The number of carbonyl (C=O) groups is 1. The maximum absolute atomic E-state index is 12.1. The van der Waals surface area contributed by atoms with Crippen LogP contribution in [0.25, 0.3) is 0 Å². The van der Waals surface area contributed by atoms with Crippen molar-refractivity contribution in [3.05, 3.63) is 53.9 Å². The predicted molar refractivity (Wildman–Crippen MR) is 70.2 cm³/mol. The zero-order chi connectivity index (χ0) is 14.8. The van der Waals surface area contributed by atoms with Gasteiger partial charge in [0.1, 0.15) is 10.5 Å². The minimum Gasteiger partial charge on any atom is -0.477 e. The Balaban J connectivity index is 2.38. The Morgan fingerprint density at radius 3 is 2.45 bits per heavy atom. The number of nitrogens with zero attached hydrogens (tertiary/aromatic N) is 1. The van der Waals surface area contributed by atoms with Gasteiger partial charge in [-0.05, 0) is 19.1 Å². The molecule has 0 spiro atoms. The summed E-state index contributed by atoms with van der Waals surface area (Å²) in [5.41, 5.74) is 0.585. The van der Waals surface area contributed by atoms with Gasteiger partial charge >= 0.3 is 16.1 Å². The number of rotatable bonds is 4. The number of carboxylic acids is 1. The molecule has 0 aliphatic carbocycles. The van der Waals surface area contributed by atoms with Crippen molar-refractivity contribution in [3.8, 4) is 5.75 Å². The summed E-state index contributed by atoms with van der Waals surface area (Å²) in [7, 11) is -4.08. The molecule has 2 rings (SSSR count). The number of aromatic carboxylic acids is 1. The van der Waals surface area contributed by atoms with E-state index < -0.39 is 16.1 Å². The quantitative estimate of drug-likeness (QED) is 0.865. The van der Waals surface area contributed by atoms with Crippen molar-refractivity contribution in [1.82, 2.24) is 4.98 Å². The third-order valence-corrected chi connectivity index (χ3v) is 3.77. The van der Waals surface area contributed by atoms with E-state index in [4.69, 9.17) is 9.29 Å². The number of aryl methyl sites for hydroxylation is 1. The molecule has 6 nitrogen and oxygen atoms in total. The molecule has 7 heteroatoms. The van der Waals surface area contributed by atoms with Crippen LogP contribution in [0.4, 0.5) is 0 Å². The number of pyridine rings is 1. The van der Waals surface area contributed by atoms with Crippen LogP contribution in [0.1, 0.15) is 15.9 Å². The molecule has 1 N–H and O–H groups in total. The molecule has 0 atom stereocenters. The van der Waals surface area contributed by atoms with Gasteiger partial charge in [-0.2, -0.15) is 8.42 Å². The fourth-order valence-electron chi connectivity index (χ4n) is 1.49. The minimum absolute atomic E-state index is 0.0451. The lowest BCUT2D eigenvalue weighted by Crippen LogP contribution is -2.12. The zero-order valence-electron chi connectivity index (χ0n) is 10.5. The van der Waals surface area contributed by atoms with Gasteiger partial charge in [0.05, 0.1) is 0 Å². The molecule has 0 aliphatic rings. The number of hydrogen-bond donors (Lipinski definition) is 1. The monoisotopic (exact) mass is 293 g/mol. The molecule has 104 valence electrons. The predicted octanol–water partition coefficient (Wildman–Crippen LogP) is 1.86. The summed E-state index contributed by atoms with van der Waals surface area (Å²) in [5.74, 6) is -1.58. The topological polar surface area (TPSA) is 93.6 Å². The van der Waals surface area contributed by atoms with Crippen LogP contribution in [0.2, 0.25) is 0 Å². The van der Waals surface area contributed by atoms with Gasteiger partial charge in [-0.15, -0.1) is 0 Å². The largest absolute Gasteiger partial charge is 0.477 e. The third kappa shape index (κ3) is 2.94. The van der Waals surface area contributed by atoms with E-state index in [1.54, 1.807) is 12.1 Å². The smallest absolute Gasteiger partial charge is 0.341 e. The van der Waals surface area contributed by atoms with Crippen molar-refractivity contribution < 1.29 is 22.5 Å². The number of hydrogen-bond acceptors (Lipinski definition) is 5. The zero-order valence-corrected chi connectivity index (χ0v) is 11.3. The average Bonchev–Trinajstić information content (AvgIpc) is 2.39. The fraction of sp³-hybridized carbons (Fsp3) is 0.0769. The summed E-state index contributed by atoms with van der Waals surface area (Å²) in [6.07, 6.45) is 2.29. The summed E-state index contributed by atoms with van der Waals surface area (Å²) in [6, 6.07) is 7.23. The van der Waals surface area contributed by atoms with E-state index in [1.807, 2.05) is 6.92 Å². The number of carboxylic acid groups (broad SMARTS) is 1. The van der Waals surface area contributed by atoms with E-state index in [-0.39, 0.29) is 16.2 Å². The highest BCUT2D eigenvalue weighted by atomic mass is 32.2. The third-order valence-electron chi connectivity index (χ3n) is 2.52. The van der Waals surface area contributed by atoms with E-state index in [9.17, 15) is 13.2 Å². The van der Waals surface area contributed by atoms with Gasteiger partial charge in [-0.3, -0.25) is 4.98 Å². The van der Waals surface area contributed by atoms with E-state index in [2.05, 4.69) is 4.98 Å². The van der Waals surface area contributed by atoms with E-state index in [0.717, 1.165) is 11.8 Å². The van der Waals surface area contributed by atoms with Gasteiger partial charge in [0, 0.05) is 18.5 Å². The molecule has 0 amide bonds. The molecule has 0 unspecified atom stereocenters. The molecular formula is C13H11NO5S. The first-order valence-corrected chi connectivity index (χ1v) is 6.99. The van der Waals surface area contributed by atoms with Crippen LogP contribution in [0.15, 0.2) is 47.6 Å². The lowest BCUT2D eigenvalue weighted by atomic mass is 10.2. The SMILES string of the molecule is Cc1ccc(S(=O)(=O)Oc2ccncc2C(=O)O)cc1. The summed E-state index contributed by atoms with van der Waals surface area (Å²) < 4.78 is 29.0. The Morgan fingerprint density at radius 2 is 1.85 bits per heavy atom. The molecule has 0 saturated carbocycles. The summed E-state index contributed by atoms with van der Waals surface area (Å²) in [6.45, 7) is 1.82. The van der Waals surface area contributed by atoms with Crippen LogP contribution < -0.4 is 4.18 Å². The Bertz CT molecular complexity index is 738. The van der Waals surface area contributed by atoms with Crippen LogP contribution in [0, 0.1) is 6.92 Å². The summed E-state index contributed by atoms with van der Waals surface area (Å²) in [4.78, 5) is 14.6. The maximum Gasteiger partial charge on any atom is 0.341 e. The second kappa shape index (κ2) is 5.30. The Hall–Kier alpha value is -2.41. The van der Waals surface area contributed by atoms with E-state index in [0.29, 0.717) is 0 Å². The van der Waals surface area contributed by atoms with Crippen LogP contribution >= 0.6 is 0 Å². The molecule has 1 aromatic heterocycles. The van der Waals surface area contributed by atoms with Crippen LogP contribution in [-0.4, -0.2) is 24.5 Å². The lowest BCUT2D eigenvalue weighted by molar-refractivity contribution is 0.0694. The van der Waals surface area contributed by atoms with Gasteiger partial charge in [-0.25, -0.2) is 4.79 Å². The number of aromatic nitrogens is 1.